The molecule has 0 unspecified atom stereocenters. The molecule has 0 radical (unpaired) electrons. The van der Waals surface area contributed by atoms with Gasteiger partial charge in [-0.1, -0.05) is 30.3 Å². The van der Waals surface area contributed by atoms with E-state index in [-0.39, 0.29) is 17.4 Å². The molecule has 0 aliphatic heterocycles. The number of carbonyl (C=O) groups excluding carboxylic acids is 1. The van der Waals surface area contributed by atoms with Gasteiger partial charge in [0.2, 0.25) is 5.91 Å². The third kappa shape index (κ3) is 2.97. The summed E-state index contributed by atoms with van der Waals surface area (Å²) in [6, 6.07) is 10.7. The summed E-state index contributed by atoms with van der Waals surface area (Å²) in [6.45, 7) is 1.57. The second-order valence-electron chi connectivity index (χ2n) is 9.08. The molecule has 1 aromatic carbocycles. The zero-order chi connectivity index (χ0) is 18.3. The Morgan fingerprint density at radius 2 is 1.69 bits per heavy atom. The summed E-state index contributed by atoms with van der Waals surface area (Å²) in [4.78, 5) is 15.0. The van der Waals surface area contributed by atoms with E-state index in [1.54, 1.807) is 0 Å². The Bertz CT molecular complexity index is 613. The topological polar surface area (TPSA) is 52.6 Å². The molecule has 2 N–H and O–H groups in total. The summed E-state index contributed by atoms with van der Waals surface area (Å²) < 4.78 is 0. The maximum atomic E-state index is 12.9. The predicted octanol–water partition coefficient (Wildman–Crippen LogP) is 2.42. The molecule has 4 aliphatic rings. The lowest BCUT2D eigenvalue weighted by atomic mass is 9.42. The standard InChI is InChI=1S/C22H32N2O2/c1-24(2)9-8-23-20(25)14-22(17-6-4-3-5-7-17)18-10-15-11-19(22)13-16(12-18)21(15)26/h3-7,15-16,18-19,21,26H,8-14H2,1-2H3,(H,23,25). The zero-order valence-corrected chi connectivity index (χ0v) is 16.0. The number of amides is 1. The van der Waals surface area contributed by atoms with Crippen molar-refractivity contribution in [2.75, 3.05) is 27.2 Å². The summed E-state index contributed by atoms with van der Waals surface area (Å²) in [7, 11) is 4.06. The number of hydrogen-bond acceptors (Lipinski definition) is 3. The highest BCUT2D eigenvalue weighted by Crippen LogP contribution is 2.64. The number of aliphatic hydroxyl groups is 1. The molecule has 4 nitrogen and oxygen atoms in total. The monoisotopic (exact) mass is 356 g/mol. The first-order chi connectivity index (χ1) is 12.5. The van der Waals surface area contributed by atoms with Gasteiger partial charge in [-0.25, -0.2) is 0 Å². The molecule has 4 bridgehead atoms. The van der Waals surface area contributed by atoms with Gasteiger partial charge >= 0.3 is 0 Å². The quantitative estimate of drug-likeness (QED) is 0.823. The van der Waals surface area contributed by atoms with Gasteiger partial charge < -0.3 is 15.3 Å². The second-order valence-corrected chi connectivity index (χ2v) is 9.08. The van der Waals surface area contributed by atoms with E-state index in [0.29, 0.717) is 36.6 Å². The summed E-state index contributed by atoms with van der Waals surface area (Å²) in [5.41, 5.74) is 1.29. The maximum absolute atomic E-state index is 12.9. The fourth-order valence-corrected chi connectivity index (χ4v) is 6.32. The molecule has 142 valence electrons. The number of hydrogen-bond donors (Lipinski definition) is 2. The zero-order valence-electron chi connectivity index (χ0n) is 16.0. The van der Waals surface area contributed by atoms with E-state index in [4.69, 9.17) is 0 Å². The van der Waals surface area contributed by atoms with Crippen LogP contribution < -0.4 is 5.32 Å². The lowest BCUT2D eigenvalue weighted by Gasteiger charge is -2.63. The lowest BCUT2D eigenvalue weighted by Crippen LogP contribution is -2.61. The Kier molecular flexibility index (Phi) is 4.83. The predicted molar refractivity (Wildman–Crippen MR) is 103 cm³/mol. The van der Waals surface area contributed by atoms with Gasteiger partial charge in [-0.15, -0.1) is 0 Å². The molecule has 26 heavy (non-hydrogen) atoms. The van der Waals surface area contributed by atoms with Gasteiger partial charge in [-0.3, -0.25) is 4.79 Å². The number of likely N-dealkylation sites (N-methyl/N-ethyl adjacent to an activating group) is 1. The van der Waals surface area contributed by atoms with Crippen molar-refractivity contribution in [2.45, 2.75) is 43.6 Å². The van der Waals surface area contributed by atoms with Crippen LogP contribution in [0, 0.1) is 23.7 Å². The van der Waals surface area contributed by atoms with Crippen LogP contribution in [0.4, 0.5) is 0 Å². The highest BCUT2D eigenvalue weighted by molar-refractivity contribution is 5.78. The van der Waals surface area contributed by atoms with Crippen molar-refractivity contribution in [3.05, 3.63) is 35.9 Å². The van der Waals surface area contributed by atoms with E-state index < -0.39 is 0 Å². The van der Waals surface area contributed by atoms with Gasteiger partial charge in [0.05, 0.1) is 6.10 Å². The lowest BCUT2D eigenvalue weighted by molar-refractivity contribution is -0.147. The van der Waals surface area contributed by atoms with Crippen LogP contribution in [0.25, 0.3) is 0 Å². The fourth-order valence-electron chi connectivity index (χ4n) is 6.32. The number of aliphatic hydroxyl groups excluding tert-OH is 1. The molecule has 0 atom stereocenters. The van der Waals surface area contributed by atoms with Crippen molar-refractivity contribution < 1.29 is 9.90 Å². The minimum atomic E-state index is -0.106. The molecular formula is C22H32N2O2. The first-order valence-corrected chi connectivity index (χ1v) is 10.2. The molecule has 1 amide bonds. The Morgan fingerprint density at radius 1 is 1.12 bits per heavy atom. The van der Waals surface area contributed by atoms with E-state index in [2.05, 4.69) is 40.5 Å². The number of rotatable bonds is 6. The smallest absolute Gasteiger partial charge is 0.220 e. The van der Waals surface area contributed by atoms with Crippen LogP contribution in [0.5, 0.6) is 0 Å². The number of nitrogens with zero attached hydrogens (tertiary/aromatic N) is 1. The van der Waals surface area contributed by atoms with E-state index >= 15 is 0 Å². The van der Waals surface area contributed by atoms with E-state index in [1.165, 1.54) is 5.56 Å². The van der Waals surface area contributed by atoms with Crippen LogP contribution in [0.3, 0.4) is 0 Å². The Morgan fingerprint density at radius 3 is 2.23 bits per heavy atom. The highest BCUT2D eigenvalue weighted by atomic mass is 16.3. The molecule has 4 heteroatoms. The molecule has 5 rings (SSSR count). The summed E-state index contributed by atoms with van der Waals surface area (Å²) in [5, 5.41) is 13.7. The van der Waals surface area contributed by atoms with Gasteiger partial charge in [0.1, 0.15) is 0 Å². The molecule has 0 saturated heterocycles. The maximum Gasteiger partial charge on any atom is 0.220 e. The number of nitrogens with one attached hydrogen (secondary N) is 1. The van der Waals surface area contributed by atoms with Crippen LogP contribution >= 0.6 is 0 Å². The number of benzene rings is 1. The molecule has 0 spiro atoms. The summed E-state index contributed by atoms with van der Waals surface area (Å²) in [5.74, 6) is 2.13. The van der Waals surface area contributed by atoms with Crippen molar-refractivity contribution >= 4 is 5.91 Å². The minimum Gasteiger partial charge on any atom is -0.393 e. The molecular weight excluding hydrogens is 324 g/mol. The molecule has 1 aromatic rings. The Balaban J connectivity index is 1.60. The molecule has 0 heterocycles. The van der Waals surface area contributed by atoms with Crippen LogP contribution in [0.1, 0.15) is 37.7 Å². The third-order valence-corrected chi connectivity index (χ3v) is 7.42. The SMILES string of the molecule is CN(C)CCNC(=O)CC1(c2ccccc2)C2CC3CC1CC(C2)C3O. The molecule has 0 aromatic heterocycles. The first kappa shape index (κ1) is 18.0. The van der Waals surface area contributed by atoms with Crippen molar-refractivity contribution in [3.8, 4) is 0 Å². The van der Waals surface area contributed by atoms with Crippen LogP contribution in [0.2, 0.25) is 0 Å². The summed E-state index contributed by atoms with van der Waals surface area (Å²) >= 11 is 0. The second kappa shape index (κ2) is 6.97. The van der Waals surface area contributed by atoms with E-state index in [1.807, 2.05) is 14.1 Å². The van der Waals surface area contributed by atoms with Crippen LogP contribution in [-0.2, 0) is 10.2 Å². The van der Waals surface area contributed by atoms with Crippen molar-refractivity contribution in [3.63, 3.8) is 0 Å². The fraction of sp³-hybridized carbons (Fsp3) is 0.682. The average molecular weight is 357 g/mol. The van der Waals surface area contributed by atoms with Gasteiger partial charge in [-0.2, -0.15) is 0 Å². The van der Waals surface area contributed by atoms with E-state index in [0.717, 1.165) is 32.2 Å². The van der Waals surface area contributed by atoms with Gasteiger partial charge in [-0.05, 0) is 69.0 Å². The largest absolute Gasteiger partial charge is 0.393 e. The van der Waals surface area contributed by atoms with E-state index in [9.17, 15) is 9.90 Å². The number of carbonyl (C=O) groups is 1. The van der Waals surface area contributed by atoms with Gasteiger partial charge in [0, 0.05) is 24.9 Å². The van der Waals surface area contributed by atoms with Crippen molar-refractivity contribution in [1.29, 1.82) is 0 Å². The normalized spacial score (nSPS) is 37.9. The minimum absolute atomic E-state index is 0.0450. The van der Waals surface area contributed by atoms with Crippen LogP contribution in [-0.4, -0.2) is 49.2 Å². The van der Waals surface area contributed by atoms with Gasteiger partial charge in [0.25, 0.3) is 0 Å². The van der Waals surface area contributed by atoms with Gasteiger partial charge in [0.15, 0.2) is 0 Å². The Labute approximate surface area is 157 Å². The molecule has 4 saturated carbocycles. The Hall–Kier alpha value is -1.39. The molecule has 4 fully saturated rings. The third-order valence-electron chi connectivity index (χ3n) is 7.42. The summed E-state index contributed by atoms with van der Waals surface area (Å²) in [6.07, 6.45) is 4.80. The molecule has 4 aliphatic carbocycles. The van der Waals surface area contributed by atoms with Crippen LogP contribution in [0.15, 0.2) is 30.3 Å². The van der Waals surface area contributed by atoms with Crippen molar-refractivity contribution in [1.82, 2.24) is 10.2 Å². The first-order valence-electron chi connectivity index (χ1n) is 10.2. The average Bonchev–Trinajstić information content (AvgIpc) is 2.60. The highest BCUT2D eigenvalue weighted by Gasteiger charge is 2.60. The van der Waals surface area contributed by atoms with Crippen molar-refractivity contribution in [2.24, 2.45) is 23.7 Å².